The SMILES string of the molecule is Cl/C(COc1ccc(Cl)cc1)=C(/Cl)COc1ccc(Cl)cc1. The van der Waals surface area contributed by atoms with Crippen LogP contribution < -0.4 is 9.47 Å². The van der Waals surface area contributed by atoms with Crippen LogP contribution in [0.1, 0.15) is 0 Å². The van der Waals surface area contributed by atoms with Crippen LogP contribution in [0.5, 0.6) is 11.5 Å². The molecule has 2 nitrogen and oxygen atoms in total. The molecule has 0 amide bonds. The Morgan fingerprint density at radius 2 is 0.955 bits per heavy atom. The third kappa shape index (κ3) is 5.62. The number of hydrogen-bond acceptors (Lipinski definition) is 2. The minimum absolute atomic E-state index is 0.159. The number of rotatable bonds is 6. The fraction of sp³-hybridized carbons (Fsp3) is 0.125. The molecular weight excluding hydrogens is 366 g/mol. The van der Waals surface area contributed by atoms with Crippen LogP contribution >= 0.6 is 46.4 Å². The van der Waals surface area contributed by atoms with Gasteiger partial charge < -0.3 is 9.47 Å². The van der Waals surface area contributed by atoms with Crippen molar-refractivity contribution >= 4 is 46.4 Å². The quantitative estimate of drug-likeness (QED) is 0.601. The van der Waals surface area contributed by atoms with Gasteiger partial charge in [0.1, 0.15) is 24.7 Å². The molecule has 6 heteroatoms. The number of hydrogen-bond donors (Lipinski definition) is 0. The van der Waals surface area contributed by atoms with Gasteiger partial charge in [0.25, 0.3) is 0 Å². The highest BCUT2D eigenvalue weighted by molar-refractivity contribution is 6.39. The third-order valence-electron chi connectivity index (χ3n) is 2.65. The fourth-order valence-corrected chi connectivity index (χ4v) is 1.98. The molecule has 0 fully saturated rings. The highest BCUT2D eigenvalue weighted by atomic mass is 35.5. The second-order valence-corrected chi connectivity index (χ2v) is 6.08. The molecule has 2 aromatic rings. The zero-order chi connectivity index (χ0) is 15.9. The molecule has 0 spiro atoms. The van der Waals surface area contributed by atoms with Gasteiger partial charge in [0, 0.05) is 10.0 Å². The maximum Gasteiger partial charge on any atom is 0.125 e. The lowest BCUT2D eigenvalue weighted by atomic mass is 10.3. The van der Waals surface area contributed by atoms with Gasteiger partial charge in [-0.2, -0.15) is 0 Å². The molecule has 0 N–H and O–H groups in total. The summed E-state index contributed by atoms with van der Waals surface area (Å²) < 4.78 is 11.0. The molecule has 0 atom stereocenters. The molecule has 2 aromatic carbocycles. The van der Waals surface area contributed by atoms with E-state index in [1.54, 1.807) is 48.5 Å². The number of benzene rings is 2. The summed E-state index contributed by atoms with van der Waals surface area (Å²) in [6.45, 7) is 0.317. The van der Waals surface area contributed by atoms with Crippen molar-refractivity contribution in [3.8, 4) is 11.5 Å². The second-order valence-electron chi connectivity index (χ2n) is 4.29. The first kappa shape index (κ1) is 17.3. The molecule has 0 aliphatic carbocycles. The lowest BCUT2D eigenvalue weighted by molar-refractivity contribution is 0.344. The number of ether oxygens (including phenoxy) is 2. The van der Waals surface area contributed by atoms with Crippen LogP contribution in [0, 0.1) is 0 Å². The number of halogens is 4. The molecule has 22 heavy (non-hydrogen) atoms. The molecule has 0 saturated heterocycles. The second kappa shape index (κ2) is 8.54. The largest absolute Gasteiger partial charge is 0.488 e. The van der Waals surface area contributed by atoms with Crippen LogP contribution in [0.4, 0.5) is 0 Å². The lowest BCUT2D eigenvalue weighted by Gasteiger charge is -2.09. The molecule has 116 valence electrons. The summed E-state index contributed by atoms with van der Waals surface area (Å²) in [5, 5.41) is 2.04. The lowest BCUT2D eigenvalue weighted by Crippen LogP contribution is -2.04. The van der Waals surface area contributed by atoms with Crippen molar-refractivity contribution in [2.45, 2.75) is 0 Å². The van der Waals surface area contributed by atoms with Crippen molar-refractivity contribution in [3.05, 3.63) is 68.6 Å². The van der Waals surface area contributed by atoms with E-state index in [2.05, 4.69) is 0 Å². The molecule has 0 radical (unpaired) electrons. The Morgan fingerprint density at radius 1 is 0.636 bits per heavy atom. The van der Waals surface area contributed by atoms with Crippen LogP contribution in [0.3, 0.4) is 0 Å². The minimum atomic E-state index is 0.159. The van der Waals surface area contributed by atoms with Gasteiger partial charge in [0.2, 0.25) is 0 Å². The minimum Gasteiger partial charge on any atom is -0.488 e. The molecule has 0 heterocycles. The van der Waals surface area contributed by atoms with Crippen LogP contribution in [0.15, 0.2) is 58.6 Å². The Labute approximate surface area is 149 Å². The third-order valence-corrected chi connectivity index (χ3v) is 3.93. The van der Waals surface area contributed by atoms with E-state index in [-0.39, 0.29) is 13.2 Å². The first-order valence-electron chi connectivity index (χ1n) is 6.34. The van der Waals surface area contributed by atoms with E-state index in [1.807, 2.05) is 0 Å². The maximum atomic E-state index is 6.10. The predicted molar refractivity (Wildman–Crippen MR) is 92.6 cm³/mol. The van der Waals surface area contributed by atoms with Crippen molar-refractivity contribution in [2.75, 3.05) is 13.2 Å². The molecule has 0 aliphatic rings. The van der Waals surface area contributed by atoms with Gasteiger partial charge in [-0.1, -0.05) is 46.4 Å². The maximum absolute atomic E-state index is 6.10. The summed E-state index contributed by atoms with van der Waals surface area (Å²) in [7, 11) is 0. The van der Waals surface area contributed by atoms with Gasteiger partial charge in [-0.05, 0) is 48.5 Å². The standard InChI is InChI=1S/C16H12Cl4O2/c17-11-1-5-13(6-2-11)21-9-15(19)16(20)10-22-14-7-3-12(18)4-8-14/h1-8H,9-10H2/b16-15+. The Balaban J connectivity index is 1.85. The fourth-order valence-electron chi connectivity index (χ4n) is 1.51. The van der Waals surface area contributed by atoms with Gasteiger partial charge in [-0.15, -0.1) is 0 Å². The topological polar surface area (TPSA) is 18.5 Å². The van der Waals surface area contributed by atoms with Crippen molar-refractivity contribution in [1.29, 1.82) is 0 Å². The zero-order valence-corrected chi connectivity index (χ0v) is 14.4. The highest BCUT2D eigenvalue weighted by Crippen LogP contribution is 2.21. The van der Waals surface area contributed by atoms with Crippen LogP contribution in [0.25, 0.3) is 0 Å². The molecule has 0 aliphatic heterocycles. The molecule has 0 saturated carbocycles. The normalized spacial score (nSPS) is 11.8. The average Bonchev–Trinajstić information content (AvgIpc) is 2.53. The summed E-state index contributed by atoms with van der Waals surface area (Å²) in [5.41, 5.74) is 0. The Kier molecular flexibility index (Phi) is 6.71. The first-order chi connectivity index (χ1) is 10.5. The monoisotopic (exact) mass is 376 g/mol. The zero-order valence-electron chi connectivity index (χ0n) is 11.4. The van der Waals surface area contributed by atoms with Gasteiger partial charge in [-0.25, -0.2) is 0 Å². The van der Waals surface area contributed by atoms with E-state index >= 15 is 0 Å². The van der Waals surface area contributed by atoms with E-state index in [4.69, 9.17) is 55.9 Å². The van der Waals surface area contributed by atoms with E-state index in [9.17, 15) is 0 Å². The Morgan fingerprint density at radius 3 is 1.27 bits per heavy atom. The Hall–Kier alpha value is -1.06. The van der Waals surface area contributed by atoms with Crippen LogP contribution in [0.2, 0.25) is 10.0 Å². The van der Waals surface area contributed by atoms with Crippen LogP contribution in [-0.2, 0) is 0 Å². The van der Waals surface area contributed by atoms with Gasteiger partial charge in [0.15, 0.2) is 0 Å². The Bertz CT molecular complexity index is 579. The average molecular weight is 378 g/mol. The van der Waals surface area contributed by atoms with Crippen LogP contribution in [-0.4, -0.2) is 13.2 Å². The van der Waals surface area contributed by atoms with Crippen molar-refractivity contribution < 1.29 is 9.47 Å². The molecule has 0 aromatic heterocycles. The summed E-state index contributed by atoms with van der Waals surface area (Å²) in [5.74, 6) is 1.32. The predicted octanol–water partition coefficient (Wildman–Crippen LogP) is 6.14. The van der Waals surface area contributed by atoms with E-state index in [0.717, 1.165) is 0 Å². The smallest absolute Gasteiger partial charge is 0.125 e. The van der Waals surface area contributed by atoms with E-state index in [0.29, 0.717) is 31.6 Å². The van der Waals surface area contributed by atoms with Crippen molar-refractivity contribution in [2.24, 2.45) is 0 Å². The highest BCUT2D eigenvalue weighted by Gasteiger charge is 2.05. The molecule has 0 bridgehead atoms. The van der Waals surface area contributed by atoms with Crippen molar-refractivity contribution in [3.63, 3.8) is 0 Å². The molecule has 0 unspecified atom stereocenters. The summed E-state index contributed by atoms with van der Waals surface area (Å²) in [6.07, 6.45) is 0. The first-order valence-corrected chi connectivity index (χ1v) is 7.85. The summed E-state index contributed by atoms with van der Waals surface area (Å²) >= 11 is 23.8. The van der Waals surface area contributed by atoms with Gasteiger partial charge >= 0.3 is 0 Å². The van der Waals surface area contributed by atoms with Gasteiger partial charge in [0.05, 0.1) is 10.1 Å². The van der Waals surface area contributed by atoms with E-state index in [1.165, 1.54) is 0 Å². The molecule has 2 rings (SSSR count). The molecular formula is C16H12Cl4O2. The summed E-state index contributed by atoms with van der Waals surface area (Å²) in [6, 6.07) is 14.0. The van der Waals surface area contributed by atoms with Gasteiger partial charge in [-0.3, -0.25) is 0 Å². The summed E-state index contributed by atoms with van der Waals surface area (Å²) in [4.78, 5) is 0. The van der Waals surface area contributed by atoms with Crippen molar-refractivity contribution in [1.82, 2.24) is 0 Å². The van der Waals surface area contributed by atoms with E-state index < -0.39 is 0 Å².